The van der Waals surface area contributed by atoms with E-state index in [1.807, 2.05) is 12.1 Å². The third kappa shape index (κ3) is 1.13. The molecule has 2 heteroatoms. The van der Waals surface area contributed by atoms with Crippen LogP contribution in [0.3, 0.4) is 0 Å². The molecular formula is C10H14N2. The summed E-state index contributed by atoms with van der Waals surface area (Å²) >= 11 is 0. The van der Waals surface area contributed by atoms with Crippen LogP contribution in [0.25, 0.3) is 0 Å². The zero-order valence-corrected chi connectivity index (χ0v) is 7.30. The van der Waals surface area contributed by atoms with Crippen LogP contribution in [0.15, 0.2) is 18.2 Å². The number of nitrogen functional groups attached to an aromatic ring is 1. The van der Waals surface area contributed by atoms with E-state index < -0.39 is 0 Å². The van der Waals surface area contributed by atoms with Crippen molar-refractivity contribution in [2.45, 2.75) is 13.3 Å². The lowest BCUT2D eigenvalue weighted by Crippen LogP contribution is -2.21. The van der Waals surface area contributed by atoms with Crippen LogP contribution in [0.2, 0.25) is 0 Å². The van der Waals surface area contributed by atoms with Crippen LogP contribution >= 0.6 is 0 Å². The normalized spacial score (nSPS) is 21.2. The number of fused-ring (bicyclic) bond motifs is 1. The summed E-state index contributed by atoms with van der Waals surface area (Å²) in [5.41, 5.74) is 9.20. The van der Waals surface area contributed by atoms with Gasteiger partial charge in [-0.3, -0.25) is 0 Å². The van der Waals surface area contributed by atoms with Gasteiger partial charge in [-0.2, -0.15) is 0 Å². The zero-order valence-electron chi connectivity index (χ0n) is 7.30. The number of hydrogen-bond acceptors (Lipinski definition) is 2. The fraction of sp³-hybridized carbons (Fsp3) is 0.400. The van der Waals surface area contributed by atoms with E-state index in [-0.39, 0.29) is 0 Å². The number of hydrogen-bond donors (Lipinski definition) is 2. The number of anilines is 2. The lowest BCUT2D eigenvalue weighted by atomic mass is 9.95. The minimum absolute atomic E-state index is 0.722. The Hall–Kier alpha value is -1.18. The van der Waals surface area contributed by atoms with Crippen molar-refractivity contribution in [3.8, 4) is 0 Å². The van der Waals surface area contributed by atoms with Gasteiger partial charge in [-0.15, -0.1) is 0 Å². The molecule has 0 aliphatic carbocycles. The van der Waals surface area contributed by atoms with Gasteiger partial charge in [0.1, 0.15) is 0 Å². The second kappa shape index (κ2) is 2.70. The molecule has 0 fully saturated rings. The molecule has 0 aromatic heterocycles. The van der Waals surface area contributed by atoms with Crippen molar-refractivity contribution in [2.75, 3.05) is 17.6 Å². The van der Waals surface area contributed by atoms with Crippen molar-refractivity contribution in [3.05, 3.63) is 23.8 Å². The summed E-state index contributed by atoms with van der Waals surface area (Å²) in [6.07, 6.45) is 1.15. The van der Waals surface area contributed by atoms with Crippen LogP contribution in [0, 0.1) is 5.92 Å². The van der Waals surface area contributed by atoms with E-state index in [9.17, 15) is 0 Å². The van der Waals surface area contributed by atoms with Crippen LogP contribution < -0.4 is 11.1 Å². The molecule has 0 saturated heterocycles. The molecule has 3 N–H and O–H groups in total. The van der Waals surface area contributed by atoms with Gasteiger partial charge in [0.05, 0.1) is 11.4 Å². The Morgan fingerprint density at radius 2 is 2.33 bits per heavy atom. The van der Waals surface area contributed by atoms with Gasteiger partial charge in [-0.1, -0.05) is 19.1 Å². The van der Waals surface area contributed by atoms with Crippen LogP contribution in [0.4, 0.5) is 11.4 Å². The molecule has 0 saturated carbocycles. The maximum absolute atomic E-state index is 5.82. The molecule has 0 radical (unpaired) electrons. The van der Waals surface area contributed by atoms with Crippen LogP contribution in [-0.4, -0.2) is 6.54 Å². The Balaban J connectivity index is 2.42. The first-order chi connectivity index (χ1) is 5.77. The SMILES string of the molecule is CC1CNc2c(N)cccc2C1. The number of para-hydroxylation sites is 1. The Bertz CT molecular complexity index is 294. The molecule has 1 aromatic carbocycles. The van der Waals surface area contributed by atoms with Crippen molar-refractivity contribution in [2.24, 2.45) is 5.92 Å². The highest BCUT2D eigenvalue weighted by Gasteiger charge is 2.15. The highest BCUT2D eigenvalue weighted by Crippen LogP contribution is 2.29. The number of nitrogens with two attached hydrogens (primary N) is 1. The highest BCUT2D eigenvalue weighted by molar-refractivity contribution is 5.71. The monoisotopic (exact) mass is 162 g/mol. The Morgan fingerprint density at radius 1 is 1.50 bits per heavy atom. The molecule has 2 nitrogen and oxygen atoms in total. The van der Waals surface area contributed by atoms with E-state index in [0.29, 0.717) is 0 Å². The molecule has 64 valence electrons. The minimum Gasteiger partial charge on any atom is -0.397 e. The summed E-state index contributed by atoms with van der Waals surface area (Å²) in [4.78, 5) is 0. The molecule has 1 atom stereocenters. The maximum atomic E-state index is 5.82. The summed E-state index contributed by atoms with van der Waals surface area (Å²) in [5, 5.41) is 3.36. The lowest BCUT2D eigenvalue weighted by molar-refractivity contribution is 0.595. The number of nitrogens with one attached hydrogen (secondary N) is 1. The van der Waals surface area contributed by atoms with Gasteiger partial charge in [0.25, 0.3) is 0 Å². The average Bonchev–Trinajstić information content (AvgIpc) is 2.04. The second-order valence-corrected chi connectivity index (χ2v) is 3.57. The van der Waals surface area contributed by atoms with E-state index in [1.165, 1.54) is 5.56 Å². The van der Waals surface area contributed by atoms with E-state index in [2.05, 4.69) is 18.3 Å². The first kappa shape index (κ1) is 7.47. The molecule has 1 aliphatic rings. The summed E-state index contributed by atoms with van der Waals surface area (Å²) in [5.74, 6) is 0.722. The van der Waals surface area contributed by atoms with Gasteiger partial charge in [0.15, 0.2) is 0 Å². The van der Waals surface area contributed by atoms with Gasteiger partial charge in [0.2, 0.25) is 0 Å². The van der Waals surface area contributed by atoms with Crippen LogP contribution in [-0.2, 0) is 6.42 Å². The third-order valence-corrected chi connectivity index (χ3v) is 2.38. The van der Waals surface area contributed by atoms with Crippen molar-refractivity contribution in [1.29, 1.82) is 0 Å². The van der Waals surface area contributed by atoms with E-state index in [1.54, 1.807) is 0 Å². The van der Waals surface area contributed by atoms with Crippen LogP contribution in [0.1, 0.15) is 12.5 Å². The standard InChI is InChI=1S/C10H14N2/c1-7-5-8-3-2-4-9(11)10(8)12-6-7/h2-4,7,12H,5-6,11H2,1H3. The van der Waals surface area contributed by atoms with Crippen molar-refractivity contribution < 1.29 is 0 Å². The molecule has 1 aromatic rings. The molecule has 12 heavy (non-hydrogen) atoms. The molecule has 1 unspecified atom stereocenters. The fourth-order valence-electron chi connectivity index (χ4n) is 1.73. The van der Waals surface area contributed by atoms with Gasteiger partial charge in [-0.05, 0) is 24.0 Å². The van der Waals surface area contributed by atoms with Crippen molar-refractivity contribution in [3.63, 3.8) is 0 Å². The number of benzene rings is 1. The number of rotatable bonds is 0. The topological polar surface area (TPSA) is 38.0 Å². The molecule has 2 rings (SSSR count). The quantitative estimate of drug-likeness (QED) is 0.571. The molecule has 1 heterocycles. The largest absolute Gasteiger partial charge is 0.397 e. The van der Waals surface area contributed by atoms with E-state index >= 15 is 0 Å². The highest BCUT2D eigenvalue weighted by atomic mass is 14.9. The summed E-state index contributed by atoms with van der Waals surface area (Å²) in [7, 11) is 0. The summed E-state index contributed by atoms with van der Waals surface area (Å²) in [6, 6.07) is 6.12. The Kier molecular flexibility index (Phi) is 1.68. The Morgan fingerprint density at radius 3 is 3.17 bits per heavy atom. The minimum atomic E-state index is 0.722. The van der Waals surface area contributed by atoms with E-state index in [4.69, 9.17) is 5.73 Å². The lowest BCUT2D eigenvalue weighted by Gasteiger charge is -2.24. The van der Waals surface area contributed by atoms with Gasteiger partial charge < -0.3 is 11.1 Å². The molecular weight excluding hydrogens is 148 g/mol. The fourth-order valence-corrected chi connectivity index (χ4v) is 1.73. The molecule has 0 spiro atoms. The smallest absolute Gasteiger partial charge is 0.0606 e. The van der Waals surface area contributed by atoms with Crippen molar-refractivity contribution in [1.82, 2.24) is 0 Å². The molecule has 0 amide bonds. The molecule has 1 aliphatic heterocycles. The summed E-state index contributed by atoms with van der Waals surface area (Å²) in [6.45, 7) is 3.29. The first-order valence-corrected chi connectivity index (χ1v) is 4.38. The second-order valence-electron chi connectivity index (χ2n) is 3.57. The first-order valence-electron chi connectivity index (χ1n) is 4.38. The van der Waals surface area contributed by atoms with Gasteiger partial charge >= 0.3 is 0 Å². The van der Waals surface area contributed by atoms with Gasteiger partial charge in [-0.25, -0.2) is 0 Å². The Labute approximate surface area is 72.8 Å². The zero-order chi connectivity index (χ0) is 8.55. The predicted molar refractivity (Wildman–Crippen MR) is 52.2 cm³/mol. The van der Waals surface area contributed by atoms with Crippen LogP contribution in [0.5, 0.6) is 0 Å². The molecule has 0 bridgehead atoms. The average molecular weight is 162 g/mol. The third-order valence-electron chi connectivity index (χ3n) is 2.38. The van der Waals surface area contributed by atoms with Gasteiger partial charge in [0, 0.05) is 6.54 Å². The maximum Gasteiger partial charge on any atom is 0.0606 e. The van der Waals surface area contributed by atoms with Crippen molar-refractivity contribution >= 4 is 11.4 Å². The predicted octanol–water partition coefficient (Wildman–Crippen LogP) is 1.87. The van der Waals surface area contributed by atoms with E-state index in [0.717, 1.165) is 30.3 Å². The summed E-state index contributed by atoms with van der Waals surface area (Å²) < 4.78 is 0.